The Morgan fingerprint density at radius 3 is 2.96 bits per heavy atom. The Hall–Kier alpha value is -1.92. The summed E-state index contributed by atoms with van der Waals surface area (Å²) in [5.74, 6) is 0.0404. The number of fused-ring (bicyclic) bond motifs is 1. The van der Waals surface area contributed by atoms with Crippen molar-refractivity contribution in [2.45, 2.75) is 18.9 Å². The number of benzene rings is 1. The molecule has 0 spiro atoms. The van der Waals surface area contributed by atoms with Gasteiger partial charge in [-0.25, -0.2) is 0 Å². The molecule has 6 nitrogen and oxygen atoms in total. The number of H-pyrrole nitrogens is 1. The quantitative estimate of drug-likeness (QED) is 0.843. The second-order valence-corrected chi connectivity index (χ2v) is 6.50. The molecule has 122 valence electrons. The fourth-order valence-electron chi connectivity index (χ4n) is 3.63. The Labute approximate surface area is 135 Å². The molecule has 1 amide bonds. The van der Waals surface area contributed by atoms with Crippen molar-refractivity contribution in [2.24, 2.45) is 0 Å². The van der Waals surface area contributed by atoms with Gasteiger partial charge in [0.25, 0.3) is 5.91 Å². The van der Waals surface area contributed by atoms with Gasteiger partial charge in [0.15, 0.2) is 5.69 Å². The number of hydrogen-bond donors (Lipinski definition) is 2. The van der Waals surface area contributed by atoms with Crippen molar-refractivity contribution in [1.29, 1.82) is 0 Å². The minimum atomic E-state index is 0.0404. The number of para-hydroxylation sites is 1. The van der Waals surface area contributed by atoms with Crippen LogP contribution in [0.1, 0.15) is 23.3 Å². The highest BCUT2D eigenvalue weighted by molar-refractivity contribution is 6.04. The van der Waals surface area contributed by atoms with E-state index in [2.05, 4.69) is 10.2 Å². The van der Waals surface area contributed by atoms with Gasteiger partial charge in [-0.15, -0.1) is 0 Å². The van der Waals surface area contributed by atoms with Crippen LogP contribution in [0, 0.1) is 0 Å². The zero-order chi connectivity index (χ0) is 15.6. The van der Waals surface area contributed by atoms with Gasteiger partial charge in [0, 0.05) is 12.0 Å². The number of ether oxygens (including phenoxy) is 1. The maximum atomic E-state index is 12.7. The summed E-state index contributed by atoms with van der Waals surface area (Å²) >= 11 is 0. The first-order valence-electron chi connectivity index (χ1n) is 8.49. The van der Waals surface area contributed by atoms with Gasteiger partial charge in [0.05, 0.1) is 31.7 Å². The van der Waals surface area contributed by atoms with Crippen LogP contribution in [0.4, 0.5) is 0 Å². The molecular weight excluding hydrogens is 292 g/mol. The van der Waals surface area contributed by atoms with Crippen LogP contribution in [-0.4, -0.2) is 66.4 Å². The summed E-state index contributed by atoms with van der Waals surface area (Å²) in [5, 5.41) is 8.08. The van der Waals surface area contributed by atoms with Crippen molar-refractivity contribution in [1.82, 2.24) is 15.1 Å². The molecule has 0 bridgehead atoms. The van der Waals surface area contributed by atoms with Gasteiger partial charge in [-0.2, -0.15) is 5.10 Å². The molecule has 2 aliphatic rings. The highest BCUT2D eigenvalue weighted by Crippen LogP contribution is 2.17. The Balaban J connectivity index is 1.39. The van der Waals surface area contributed by atoms with Crippen molar-refractivity contribution in [2.75, 3.05) is 39.3 Å². The number of rotatable bonds is 3. The molecule has 0 unspecified atom stereocenters. The number of carbonyl (C=O) groups is 1. The Bertz CT molecular complexity index is 685. The molecule has 23 heavy (non-hydrogen) atoms. The molecule has 0 aliphatic carbocycles. The monoisotopic (exact) mass is 315 g/mol. The lowest BCUT2D eigenvalue weighted by Crippen LogP contribution is -3.15. The highest BCUT2D eigenvalue weighted by Gasteiger charge is 2.29. The van der Waals surface area contributed by atoms with Crippen LogP contribution >= 0.6 is 0 Å². The van der Waals surface area contributed by atoms with Crippen LogP contribution < -0.4 is 4.90 Å². The second-order valence-electron chi connectivity index (χ2n) is 6.50. The molecule has 0 radical (unpaired) electrons. The number of amides is 1. The summed E-state index contributed by atoms with van der Waals surface area (Å²) in [6, 6.07) is 7.79. The van der Waals surface area contributed by atoms with E-state index >= 15 is 0 Å². The van der Waals surface area contributed by atoms with Crippen LogP contribution in [0.3, 0.4) is 0 Å². The number of nitrogens with zero attached hydrogens (tertiary/aromatic N) is 2. The minimum absolute atomic E-state index is 0.0404. The van der Waals surface area contributed by atoms with E-state index in [1.807, 2.05) is 29.2 Å². The van der Waals surface area contributed by atoms with Gasteiger partial charge in [-0.05, 0) is 18.9 Å². The van der Waals surface area contributed by atoms with Crippen LogP contribution in [0.25, 0.3) is 10.9 Å². The maximum absolute atomic E-state index is 12.7. The third-order valence-electron chi connectivity index (χ3n) is 4.97. The van der Waals surface area contributed by atoms with E-state index in [4.69, 9.17) is 4.74 Å². The van der Waals surface area contributed by atoms with Gasteiger partial charge in [0.2, 0.25) is 0 Å². The smallest absolute Gasteiger partial charge is 0.275 e. The predicted molar refractivity (Wildman–Crippen MR) is 86.5 cm³/mol. The van der Waals surface area contributed by atoms with Gasteiger partial charge < -0.3 is 14.5 Å². The van der Waals surface area contributed by atoms with E-state index in [0.717, 1.165) is 50.2 Å². The zero-order valence-corrected chi connectivity index (χ0v) is 13.3. The molecule has 2 N–H and O–H groups in total. The molecule has 1 aromatic heterocycles. The van der Waals surface area contributed by atoms with Crippen LogP contribution in [-0.2, 0) is 4.74 Å². The Morgan fingerprint density at radius 2 is 2.17 bits per heavy atom. The van der Waals surface area contributed by atoms with Crippen LogP contribution in [0.15, 0.2) is 24.3 Å². The van der Waals surface area contributed by atoms with Gasteiger partial charge in [-0.1, -0.05) is 18.2 Å². The lowest BCUT2D eigenvalue weighted by molar-refractivity contribution is -0.906. The summed E-state index contributed by atoms with van der Waals surface area (Å²) in [4.78, 5) is 16.2. The van der Waals surface area contributed by atoms with Crippen LogP contribution in [0.2, 0.25) is 0 Å². The van der Waals surface area contributed by atoms with Crippen molar-refractivity contribution < 1.29 is 14.4 Å². The third kappa shape index (κ3) is 2.96. The molecule has 2 fully saturated rings. The number of aromatic nitrogens is 2. The van der Waals surface area contributed by atoms with E-state index in [-0.39, 0.29) is 5.91 Å². The molecule has 2 aliphatic heterocycles. The summed E-state index contributed by atoms with van der Waals surface area (Å²) in [6.07, 6.45) is 2.79. The fraction of sp³-hybridized carbons (Fsp3) is 0.529. The van der Waals surface area contributed by atoms with Gasteiger partial charge in [0.1, 0.15) is 12.6 Å². The van der Waals surface area contributed by atoms with Crippen molar-refractivity contribution in [3.8, 4) is 0 Å². The van der Waals surface area contributed by atoms with E-state index < -0.39 is 0 Å². The summed E-state index contributed by atoms with van der Waals surface area (Å²) < 4.78 is 5.72. The summed E-state index contributed by atoms with van der Waals surface area (Å²) in [6.45, 7) is 5.56. The Morgan fingerprint density at radius 1 is 1.35 bits per heavy atom. The third-order valence-corrected chi connectivity index (χ3v) is 4.97. The topological polar surface area (TPSA) is 62.7 Å². The van der Waals surface area contributed by atoms with Crippen molar-refractivity contribution in [3.63, 3.8) is 0 Å². The Kier molecular flexibility index (Phi) is 4.01. The average Bonchev–Trinajstić information content (AvgIpc) is 3.24. The minimum Gasteiger partial charge on any atom is -0.372 e. The van der Waals surface area contributed by atoms with Gasteiger partial charge in [-0.3, -0.25) is 9.89 Å². The van der Waals surface area contributed by atoms with E-state index in [1.54, 1.807) is 4.90 Å². The summed E-state index contributed by atoms with van der Waals surface area (Å²) in [7, 11) is 0. The number of aromatic amines is 1. The van der Waals surface area contributed by atoms with E-state index in [0.29, 0.717) is 11.8 Å². The lowest BCUT2D eigenvalue weighted by Gasteiger charge is -2.32. The molecule has 1 atom stereocenters. The number of piperazine rings is 1. The SMILES string of the molecule is O=C(c1n[nH]c2ccccc12)N1CC[NH+](C[C@H]2CCCO2)CC1. The highest BCUT2D eigenvalue weighted by atomic mass is 16.5. The van der Waals surface area contributed by atoms with E-state index in [9.17, 15) is 4.79 Å². The number of quaternary nitrogens is 1. The molecular formula is C17H23N4O2+. The molecule has 0 saturated carbocycles. The number of carbonyl (C=O) groups excluding carboxylic acids is 1. The standard InChI is InChI=1S/C17H22N4O2/c22-17(16-14-5-1-2-6-15(14)18-19-16)21-9-7-20(8-10-21)12-13-4-3-11-23-13/h1-2,5-6,13H,3-4,7-12H2,(H,18,19)/p+1/t13-/m1/s1. The second kappa shape index (κ2) is 6.29. The maximum Gasteiger partial charge on any atom is 0.275 e. The first-order chi connectivity index (χ1) is 11.3. The largest absolute Gasteiger partial charge is 0.372 e. The summed E-state index contributed by atoms with van der Waals surface area (Å²) in [5.41, 5.74) is 1.46. The molecule has 4 rings (SSSR count). The normalized spacial score (nSPS) is 22.8. The fourth-order valence-corrected chi connectivity index (χ4v) is 3.63. The van der Waals surface area contributed by atoms with E-state index in [1.165, 1.54) is 12.8 Å². The molecule has 6 heteroatoms. The predicted octanol–water partition coefficient (Wildman–Crippen LogP) is 0.0826. The molecule has 2 aromatic rings. The van der Waals surface area contributed by atoms with Gasteiger partial charge >= 0.3 is 0 Å². The van der Waals surface area contributed by atoms with Crippen molar-refractivity contribution in [3.05, 3.63) is 30.0 Å². The average molecular weight is 315 g/mol. The first-order valence-corrected chi connectivity index (χ1v) is 8.49. The molecule has 3 heterocycles. The molecule has 2 saturated heterocycles. The lowest BCUT2D eigenvalue weighted by atomic mass is 10.1. The van der Waals surface area contributed by atoms with Crippen LogP contribution in [0.5, 0.6) is 0 Å². The van der Waals surface area contributed by atoms with Crippen molar-refractivity contribution >= 4 is 16.8 Å². The zero-order valence-electron chi connectivity index (χ0n) is 13.3. The first kappa shape index (κ1) is 14.7. The number of nitrogens with one attached hydrogen (secondary N) is 2. The molecule has 1 aromatic carbocycles. The number of hydrogen-bond acceptors (Lipinski definition) is 3.